The third-order valence-corrected chi connectivity index (χ3v) is 1.08. The summed E-state index contributed by atoms with van der Waals surface area (Å²) in [5.74, 6) is -1.09. The Labute approximate surface area is 56.9 Å². The van der Waals surface area contributed by atoms with Crippen molar-refractivity contribution in [2.24, 2.45) is 0 Å². The lowest BCUT2D eigenvalue weighted by Crippen LogP contribution is -2.02. The first-order valence-corrected chi connectivity index (χ1v) is 2.56. The second kappa shape index (κ2) is 2.23. The van der Waals surface area contributed by atoms with Crippen LogP contribution in [-0.2, 0) is 0 Å². The fourth-order valence-electron chi connectivity index (χ4n) is 0.642. The minimum absolute atomic E-state index is 0.0116. The highest BCUT2D eigenvalue weighted by atomic mass is 16.4. The van der Waals surface area contributed by atoms with Crippen LogP contribution in [0.1, 0.15) is 10.5 Å². The number of carboxylic acids is 1. The molecule has 1 rings (SSSR count). The second-order valence-corrected chi connectivity index (χ2v) is 1.67. The van der Waals surface area contributed by atoms with Gasteiger partial charge in [-0.1, -0.05) is 0 Å². The summed E-state index contributed by atoms with van der Waals surface area (Å²) in [6, 6.07) is 2.87. The maximum Gasteiger partial charge on any atom is 0.353 e. The number of aromatic nitrogens is 1. The SMILES string of the molecule is N#Cn1cccc1C(=O)O. The minimum Gasteiger partial charge on any atom is -0.477 e. The summed E-state index contributed by atoms with van der Waals surface area (Å²) in [7, 11) is 0. The highest BCUT2D eigenvalue weighted by molar-refractivity contribution is 5.86. The Morgan fingerprint density at radius 3 is 2.90 bits per heavy atom. The van der Waals surface area contributed by atoms with Gasteiger partial charge >= 0.3 is 5.97 Å². The molecule has 0 saturated carbocycles. The molecule has 10 heavy (non-hydrogen) atoms. The summed E-state index contributed by atoms with van der Waals surface area (Å²) in [5, 5.41) is 16.7. The minimum atomic E-state index is -1.09. The van der Waals surface area contributed by atoms with Crippen molar-refractivity contribution in [3.05, 3.63) is 24.0 Å². The van der Waals surface area contributed by atoms with E-state index in [1.165, 1.54) is 18.3 Å². The van der Waals surface area contributed by atoms with E-state index in [0.717, 1.165) is 4.57 Å². The van der Waals surface area contributed by atoms with E-state index in [2.05, 4.69) is 0 Å². The predicted molar refractivity (Wildman–Crippen MR) is 32.4 cm³/mol. The molecule has 0 fully saturated rings. The molecular formula is C6H4N2O2. The van der Waals surface area contributed by atoms with Gasteiger partial charge in [0.1, 0.15) is 5.69 Å². The van der Waals surface area contributed by atoms with Crippen LogP contribution in [0.4, 0.5) is 0 Å². The zero-order valence-electron chi connectivity index (χ0n) is 4.98. The van der Waals surface area contributed by atoms with Gasteiger partial charge in [0, 0.05) is 6.20 Å². The number of carboxylic acid groups (broad SMARTS) is 1. The lowest BCUT2D eigenvalue weighted by Gasteiger charge is -1.89. The summed E-state index contributed by atoms with van der Waals surface area (Å²) >= 11 is 0. The molecule has 1 heterocycles. The molecule has 0 aliphatic heterocycles. The van der Waals surface area contributed by atoms with E-state index in [-0.39, 0.29) is 5.69 Å². The highest BCUT2D eigenvalue weighted by Gasteiger charge is 2.06. The van der Waals surface area contributed by atoms with Gasteiger partial charge in [-0.25, -0.2) is 9.36 Å². The maximum atomic E-state index is 10.3. The lowest BCUT2D eigenvalue weighted by atomic mass is 10.4. The summed E-state index contributed by atoms with van der Waals surface area (Å²) in [5.41, 5.74) is -0.0116. The van der Waals surface area contributed by atoms with E-state index in [4.69, 9.17) is 10.4 Å². The Kier molecular flexibility index (Phi) is 1.42. The molecule has 4 nitrogen and oxygen atoms in total. The molecular weight excluding hydrogens is 132 g/mol. The largest absolute Gasteiger partial charge is 0.477 e. The maximum absolute atomic E-state index is 10.3. The molecule has 0 bridgehead atoms. The van der Waals surface area contributed by atoms with Gasteiger partial charge in [-0.3, -0.25) is 0 Å². The fraction of sp³-hybridized carbons (Fsp3) is 0. The number of nitriles is 1. The van der Waals surface area contributed by atoms with Crippen molar-refractivity contribution in [1.29, 1.82) is 5.26 Å². The van der Waals surface area contributed by atoms with Crippen molar-refractivity contribution < 1.29 is 9.90 Å². The summed E-state index contributed by atoms with van der Waals surface area (Å²) < 4.78 is 0.988. The molecule has 4 heteroatoms. The fourth-order valence-corrected chi connectivity index (χ4v) is 0.642. The van der Waals surface area contributed by atoms with Gasteiger partial charge in [-0.2, -0.15) is 5.26 Å². The number of carbonyl (C=O) groups is 1. The van der Waals surface area contributed by atoms with E-state index in [0.29, 0.717) is 0 Å². The van der Waals surface area contributed by atoms with Crippen LogP contribution in [-0.4, -0.2) is 15.6 Å². The Bertz CT molecular complexity index is 295. The zero-order valence-corrected chi connectivity index (χ0v) is 4.98. The van der Waals surface area contributed by atoms with E-state index in [9.17, 15) is 4.79 Å². The van der Waals surface area contributed by atoms with Crippen molar-refractivity contribution in [2.45, 2.75) is 0 Å². The first-order chi connectivity index (χ1) is 4.75. The standard InChI is InChI=1S/C6H4N2O2/c7-4-8-3-1-2-5(8)6(9)10/h1-3H,(H,9,10). The lowest BCUT2D eigenvalue weighted by molar-refractivity contribution is 0.0688. The van der Waals surface area contributed by atoms with Crippen molar-refractivity contribution in [2.75, 3.05) is 0 Å². The van der Waals surface area contributed by atoms with Crippen LogP contribution < -0.4 is 0 Å². The first-order valence-electron chi connectivity index (χ1n) is 2.56. The number of hydrogen-bond donors (Lipinski definition) is 1. The monoisotopic (exact) mass is 136 g/mol. The molecule has 0 spiro atoms. The van der Waals surface area contributed by atoms with E-state index >= 15 is 0 Å². The van der Waals surface area contributed by atoms with Gasteiger partial charge in [-0.05, 0) is 12.1 Å². The van der Waals surface area contributed by atoms with Gasteiger partial charge in [-0.15, -0.1) is 0 Å². The third-order valence-electron chi connectivity index (χ3n) is 1.08. The number of aromatic carboxylic acids is 1. The summed E-state index contributed by atoms with van der Waals surface area (Å²) in [6.45, 7) is 0. The van der Waals surface area contributed by atoms with Gasteiger partial charge in [0.15, 0.2) is 6.19 Å². The average Bonchev–Trinajstić information content (AvgIpc) is 2.33. The molecule has 0 unspecified atom stereocenters. The molecule has 0 aliphatic carbocycles. The third kappa shape index (κ3) is 0.845. The van der Waals surface area contributed by atoms with Crippen LogP contribution >= 0.6 is 0 Å². The average molecular weight is 136 g/mol. The molecule has 0 aliphatic rings. The van der Waals surface area contributed by atoms with E-state index in [1.807, 2.05) is 0 Å². The molecule has 0 aromatic carbocycles. The quantitative estimate of drug-likeness (QED) is 0.611. The summed E-state index contributed by atoms with van der Waals surface area (Å²) in [6.07, 6.45) is 3.09. The van der Waals surface area contributed by atoms with Gasteiger partial charge in [0.25, 0.3) is 0 Å². The first kappa shape index (κ1) is 6.36. The van der Waals surface area contributed by atoms with Crippen molar-refractivity contribution in [3.63, 3.8) is 0 Å². The topological polar surface area (TPSA) is 66.0 Å². The number of hydrogen-bond acceptors (Lipinski definition) is 2. The Morgan fingerprint density at radius 1 is 1.80 bits per heavy atom. The van der Waals surface area contributed by atoms with Crippen molar-refractivity contribution >= 4 is 5.97 Å². The Hall–Kier alpha value is -1.76. The smallest absolute Gasteiger partial charge is 0.353 e. The van der Waals surface area contributed by atoms with Gasteiger partial charge < -0.3 is 5.11 Å². The molecule has 0 radical (unpaired) electrons. The second-order valence-electron chi connectivity index (χ2n) is 1.67. The number of nitrogens with zero attached hydrogens (tertiary/aromatic N) is 2. The van der Waals surface area contributed by atoms with Crippen LogP contribution in [0.3, 0.4) is 0 Å². The molecule has 0 saturated heterocycles. The molecule has 1 aromatic heterocycles. The Morgan fingerprint density at radius 2 is 2.50 bits per heavy atom. The Balaban J connectivity index is 3.17. The van der Waals surface area contributed by atoms with Crippen LogP contribution in [0.2, 0.25) is 0 Å². The van der Waals surface area contributed by atoms with Crippen molar-refractivity contribution in [1.82, 2.24) is 4.57 Å². The number of rotatable bonds is 1. The highest BCUT2D eigenvalue weighted by Crippen LogP contribution is 1.98. The van der Waals surface area contributed by atoms with Gasteiger partial charge in [0.05, 0.1) is 0 Å². The van der Waals surface area contributed by atoms with Crippen LogP contribution in [0, 0.1) is 11.5 Å². The molecule has 1 N–H and O–H groups in total. The van der Waals surface area contributed by atoms with E-state index in [1.54, 1.807) is 6.19 Å². The zero-order chi connectivity index (χ0) is 7.56. The molecule has 0 amide bonds. The molecule has 0 atom stereocenters. The predicted octanol–water partition coefficient (Wildman–Crippen LogP) is 0.515. The summed E-state index contributed by atoms with van der Waals surface area (Å²) in [4.78, 5) is 10.3. The molecule has 50 valence electrons. The normalized spacial score (nSPS) is 8.70. The van der Waals surface area contributed by atoms with E-state index < -0.39 is 5.97 Å². The van der Waals surface area contributed by atoms with Crippen molar-refractivity contribution in [3.8, 4) is 6.19 Å². The van der Waals surface area contributed by atoms with Crippen LogP contribution in [0.25, 0.3) is 0 Å². The molecule has 1 aromatic rings. The van der Waals surface area contributed by atoms with Crippen LogP contribution in [0.15, 0.2) is 18.3 Å². The van der Waals surface area contributed by atoms with Gasteiger partial charge in [0.2, 0.25) is 0 Å². The van der Waals surface area contributed by atoms with Crippen LogP contribution in [0.5, 0.6) is 0 Å².